The summed E-state index contributed by atoms with van der Waals surface area (Å²) in [5, 5.41) is 8.50. The fraction of sp³-hybridized carbons (Fsp3) is 0.778. The Morgan fingerprint density at radius 2 is 1.94 bits per heavy atom. The van der Waals surface area contributed by atoms with E-state index in [1.165, 1.54) is 4.90 Å². The normalized spacial score (nSPS) is 17.2. The molecule has 1 fully saturated rings. The Balaban J connectivity index is 2.38. The van der Waals surface area contributed by atoms with Crippen LogP contribution in [-0.2, 0) is 15.6 Å². The lowest BCUT2D eigenvalue weighted by molar-refractivity contribution is -0.137. The zero-order valence-electron chi connectivity index (χ0n) is 9.22. The molecule has 0 aromatic heterocycles. The second-order valence-electron chi connectivity index (χ2n) is 3.68. The van der Waals surface area contributed by atoms with Crippen LogP contribution in [0.4, 0.5) is 4.79 Å². The van der Waals surface area contributed by atoms with Gasteiger partial charge in [0.2, 0.25) is 0 Å². The molecule has 7 heteroatoms. The van der Waals surface area contributed by atoms with Gasteiger partial charge in [0.1, 0.15) is 0 Å². The largest absolute Gasteiger partial charge is 0.481 e. The van der Waals surface area contributed by atoms with Crippen LogP contribution in [0.5, 0.6) is 0 Å². The third-order valence-corrected chi connectivity index (χ3v) is 3.71. The Kier molecular flexibility index (Phi) is 4.72. The number of carboxylic acids is 1. The highest BCUT2D eigenvalue weighted by Gasteiger charge is 2.22. The minimum atomic E-state index is -0.917. The van der Waals surface area contributed by atoms with Crippen molar-refractivity contribution in [2.24, 2.45) is 0 Å². The number of urea groups is 1. The summed E-state index contributed by atoms with van der Waals surface area (Å²) in [6.07, 6.45) is -0.0536. The summed E-state index contributed by atoms with van der Waals surface area (Å²) < 4.78 is 11.1. The van der Waals surface area contributed by atoms with Crippen molar-refractivity contribution in [2.75, 3.05) is 38.2 Å². The molecule has 16 heavy (non-hydrogen) atoms. The van der Waals surface area contributed by atoms with E-state index in [0.717, 1.165) is 0 Å². The maximum Gasteiger partial charge on any atom is 0.319 e. The van der Waals surface area contributed by atoms with E-state index in [9.17, 15) is 13.8 Å². The molecular formula is C9H16N2O4S. The summed E-state index contributed by atoms with van der Waals surface area (Å²) in [4.78, 5) is 25.1. The first-order valence-electron chi connectivity index (χ1n) is 5.07. The predicted octanol–water partition coefficient (Wildman–Crippen LogP) is -0.423. The number of carbonyl (C=O) groups excluding carboxylic acids is 1. The van der Waals surface area contributed by atoms with Crippen molar-refractivity contribution in [1.29, 1.82) is 0 Å². The smallest absolute Gasteiger partial charge is 0.319 e. The van der Waals surface area contributed by atoms with Gasteiger partial charge in [0.25, 0.3) is 0 Å². The number of hydrogen-bond donors (Lipinski definition) is 1. The van der Waals surface area contributed by atoms with Gasteiger partial charge in [0.05, 0.1) is 6.42 Å². The molecule has 0 atom stereocenters. The van der Waals surface area contributed by atoms with Gasteiger partial charge in [-0.2, -0.15) is 0 Å². The lowest BCUT2D eigenvalue weighted by atomic mass is 10.4. The second kappa shape index (κ2) is 5.83. The van der Waals surface area contributed by atoms with E-state index in [-0.39, 0.29) is 19.0 Å². The molecule has 1 saturated heterocycles. The van der Waals surface area contributed by atoms with Crippen molar-refractivity contribution in [2.45, 2.75) is 6.42 Å². The number of nitrogens with zero attached hydrogens (tertiary/aromatic N) is 2. The van der Waals surface area contributed by atoms with E-state index in [4.69, 9.17) is 5.11 Å². The Labute approximate surface area is 96.7 Å². The predicted molar refractivity (Wildman–Crippen MR) is 59.7 cm³/mol. The summed E-state index contributed by atoms with van der Waals surface area (Å²) in [7, 11) is 0.772. The molecule has 0 bridgehead atoms. The van der Waals surface area contributed by atoms with Gasteiger partial charge in [-0.25, -0.2) is 4.79 Å². The quantitative estimate of drug-likeness (QED) is 0.735. The third kappa shape index (κ3) is 3.80. The van der Waals surface area contributed by atoms with Crippen molar-refractivity contribution in [3.63, 3.8) is 0 Å². The summed E-state index contributed by atoms with van der Waals surface area (Å²) in [5.41, 5.74) is 0. The van der Waals surface area contributed by atoms with Gasteiger partial charge in [0, 0.05) is 49.0 Å². The second-order valence-corrected chi connectivity index (χ2v) is 5.38. The average molecular weight is 248 g/mol. The highest BCUT2D eigenvalue weighted by Crippen LogP contribution is 2.04. The SMILES string of the molecule is CN(CCC(=O)O)C(=O)N1CCS(=O)CC1. The molecule has 1 aliphatic heterocycles. The molecule has 1 N–H and O–H groups in total. The molecule has 92 valence electrons. The van der Waals surface area contributed by atoms with E-state index in [1.54, 1.807) is 11.9 Å². The third-order valence-electron chi connectivity index (χ3n) is 2.44. The lowest BCUT2D eigenvalue weighted by Gasteiger charge is -2.30. The van der Waals surface area contributed by atoms with Crippen LogP contribution in [0.2, 0.25) is 0 Å². The molecule has 6 nitrogen and oxygen atoms in total. The van der Waals surface area contributed by atoms with Crippen LogP contribution >= 0.6 is 0 Å². The maximum absolute atomic E-state index is 11.8. The molecular weight excluding hydrogens is 232 g/mol. The zero-order valence-corrected chi connectivity index (χ0v) is 10.0. The van der Waals surface area contributed by atoms with Crippen LogP contribution in [0.25, 0.3) is 0 Å². The number of carboxylic acid groups (broad SMARTS) is 1. The Morgan fingerprint density at radius 3 is 2.44 bits per heavy atom. The van der Waals surface area contributed by atoms with Crippen molar-refractivity contribution in [3.8, 4) is 0 Å². The zero-order chi connectivity index (χ0) is 12.1. The van der Waals surface area contributed by atoms with Gasteiger partial charge < -0.3 is 14.9 Å². The van der Waals surface area contributed by atoms with Gasteiger partial charge >= 0.3 is 12.0 Å². The van der Waals surface area contributed by atoms with Crippen LogP contribution in [0.1, 0.15) is 6.42 Å². The van der Waals surface area contributed by atoms with Crippen molar-refractivity contribution in [3.05, 3.63) is 0 Å². The van der Waals surface area contributed by atoms with Crippen LogP contribution in [0, 0.1) is 0 Å². The highest BCUT2D eigenvalue weighted by molar-refractivity contribution is 7.85. The topological polar surface area (TPSA) is 77.9 Å². The van der Waals surface area contributed by atoms with Gasteiger partial charge in [-0.3, -0.25) is 9.00 Å². The fourth-order valence-corrected chi connectivity index (χ4v) is 2.48. The number of hydrogen-bond acceptors (Lipinski definition) is 3. The number of amides is 2. The highest BCUT2D eigenvalue weighted by atomic mass is 32.2. The molecule has 0 aliphatic carbocycles. The summed E-state index contributed by atoms with van der Waals surface area (Å²) in [6.45, 7) is 1.18. The minimum Gasteiger partial charge on any atom is -0.481 e. The molecule has 2 amide bonds. The van der Waals surface area contributed by atoms with E-state index >= 15 is 0 Å². The Morgan fingerprint density at radius 1 is 1.38 bits per heavy atom. The fourth-order valence-electron chi connectivity index (χ4n) is 1.43. The molecule has 1 heterocycles. The standard InChI is InChI=1S/C9H16N2O4S/c1-10(3-2-8(12)13)9(14)11-4-6-16(15)7-5-11/h2-7H2,1H3,(H,12,13). The maximum atomic E-state index is 11.8. The molecule has 1 aliphatic rings. The van der Waals surface area contributed by atoms with Crippen molar-refractivity contribution < 1.29 is 18.9 Å². The van der Waals surface area contributed by atoms with Crippen LogP contribution in [-0.4, -0.2) is 69.3 Å². The summed E-state index contributed by atoms with van der Waals surface area (Å²) in [6, 6.07) is -0.182. The minimum absolute atomic E-state index is 0.0536. The van der Waals surface area contributed by atoms with Gasteiger partial charge in [-0.1, -0.05) is 0 Å². The van der Waals surface area contributed by atoms with E-state index < -0.39 is 16.8 Å². The lowest BCUT2D eigenvalue weighted by Crippen LogP contribution is -2.47. The molecule has 0 aromatic rings. The van der Waals surface area contributed by atoms with Gasteiger partial charge in [0.15, 0.2) is 0 Å². The molecule has 0 saturated carbocycles. The number of rotatable bonds is 3. The molecule has 0 aromatic carbocycles. The van der Waals surface area contributed by atoms with Crippen molar-refractivity contribution in [1.82, 2.24) is 9.80 Å². The molecule has 0 radical (unpaired) electrons. The van der Waals surface area contributed by atoms with Gasteiger partial charge in [-0.15, -0.1) is 0 Å². The van der Waals surface area contributed by atoms with E-state index in [1.807, 2.05) is 0 Å². The monoisotopic (exact) mass is 248 g/mol. The van der Waals surface area contributed by atoms with Gasteiger partial charge in [-0.05, 0) is 0 Å². The Hall–Kier alpha value is -1.11. The number of aliphatic carboxylic acids is 1. The van der Waals surface area contributed by atoms with Crippen LogP contribution < -0.4 is 0 Å². The van der Waals surface area contributed by atoms with E-state index in [0.29, 0.717) is 24.6 Å². The Bertz CT molecular complexity index is 298. The molecule has 0 unspecified atom stereocenters. The van der Waals surface area contributed by atoms with Crippen LogP contribution in [0.3, 0.4) is 0 Å². The van der Waals surface area contributed by atoms with Crippen molar-refractivity contribution >= 4 is 22.8 Å². The molecule has 1 rings (SSSR count). The van der Waals surface area contributed by atoms with Crippen LogP contribution in [0.15, 0.2) is 0 Å². The average Bonchev–Trinajstić information content (AvgIpc) is 2.26. The first-order chi connectivity index (χ1) is 7.50. The van der Waals surface area contributed by atoms with E-state index in [2.05, 4.69) is 0 Å². The summed E-state index contributed by atoms with van der Waals surface area (Å²) in [5.74, 6) is 0.108. The summed E-state index contributed by atoms with van der Waals surface area (Å²) >= 11 is 0. The number of carbonyl (C=O) groups is 2. The molecule has 0 spiro atoms. The first kappa shape index (κ1) is 13.0. The first-order valence-corrected chi connectivity index (χ1v) is 6.56.